The van der Waals surface area contributed by atoms with Gasteiger partial charge in [-0.15, -0.1) is 0 Å². The Morgan fingerprint density at radius 2 is 2.37 bits per heavy atom. The Kier molecular flexibility index (Phi) is 3.62. The van der Waals surface area contributed by atoms with E-state index in [2.05, 4.69) is 4.98 Å². The van der Waals surface area contributed by atoms with Crippen molar-refractivity contribution in [2.24, 2.45) is 0 Å². The molecule has 19 heavy (non-hydrogen) atoms. The first-order chi connectivity index (χ1) is 8.93. The Morgan fingerprint density at radius 1 is 1.68 bits per heavy atom. The fraction of sp³-hybridized carbons (Fsp3) is 0.667. The molecule has 4 N–H and O–H groups in total. The highest BCUT2D eigenvalue weighted by Crippen LogP contribution is 2.38. The summed E-state index contributed by atoms with van der Waals surface area (Å²) in [5, 5.41) is 19.5. The van der Waals surface area contributed by atoms with Crippen LogP contribution >= 0.6 is 0 Å². The van der Waals surface area contributed by atoms with Crippen LogP contribution in [0.1, 0.15) is 31.6 Å². The quantitative estimate of drug-likeness (QED) is 0.685. The molecule has 1 aromatic rings. The van der Waals surface area contributed by atoms with Gasteiger partial charge >= 0.3 is 5.69 Å². The molecule has 1 aliphatic heterocycles. The first kappa shape index (κ1) is 14.0. The second-order valence-electron chi connectivity index (χ2n) is 4.90. The van der Waals surface area contributed by atoms with Gasteiger partial charge < -0.3 is 20.7 Å². The summed E-state index contributed by atoms with van der Waals surface area (Å²) in [4.78, 5) is 15.5. The molecule has 1 aromatic heterocycles. The lowest BCUT2D eigenvalue weighted by molar-refractivity contribution is -0.130. The summed E-state index contributed by atoms with van der Waals surface area (Å²) in [7, 11) is 0. The van der Waals surface area contributed by atoms with Gasteiger partial charge in [0.15, 0.2) is 0 Å². The van der Waals surface area contributed by atoms with Crippen LogP contribution in [-0.4, -0.2) is 38.1 Å². The molecule has 0 amide bonds. The largest absolute Gasteiger partial charge is 0.393 e. The minimum Gasteiger partial charge on any atom is -0.393 e. The van der Waals surface area contributed by atoms with Gasteiger partial charge in [0.05, 0.1) is 12.7 Å². The standard InChI is InChI=1S/C12H19N3O4/c1-3-12(6-16)8(17)4-9(19-12)15-5-7(2)10(13)14-11(15)18/h5,8-9,16-17H,3-4,6H2,1-2H3,(H2,13,14,18)/t8-,9+,12+/m0/s1. The molecular weight excluding hydrogens is 250 g/mol. The molecule has 2 rings (SSSR count). The van der Waals surface area contributed by atoms with Crippen molar-refractivity contribution < 1.29 is 14.9 Å². The van der Waals surface area contributed by atoms with Crippen LogP contribution in [0.4, 0.5) is 5.82 Å². The summed E-state index contributed by atoms with van der Waals surface area (Å²) >= 11 is 0. The van der Waals surface area contributed by atoms with E-state index < -0.39 is 23.6 Å². The summed E-state index contributed by atoms with van der Waals surface area (Å²) in [6.45, 7) is 3.26. The number of nitrogens with zero attached hydrogens (tertiary/aromatic N) is 2. The predicted molar refractivity (Wildman–Crippen MR) is 68.5 cm³/mol. The van der Waals surface area contributed by atoms with Crippen molar-refractivity contribution >= 4 is 5.82 Å². The van der Waals surface area contributed by atoms with Crippen LogP contribution < -0.4 is 11.4 Å². The van der Waals surface area contributed by atoms with Gasteiger partial charge in [-0.2, -0.15) is 4.98 Å². The number of aliphatic hydroxyl groups excluding tert-OH is 2. The van der Waals surface area contributed by atoms with Crippen LogP contribution in [0.5, 0.6) is 0 Å². The number of aryl methyl sites for hydroxylation is 1. The molecule has 7 nitrogen and oxygen atoms in total. The molecule has 2 heterocycles. The van der Waals surface area contributed by atoms with Crippen LogP contribution in [0.25, 0.3) is 0 Å². The van der Waals surface area contributed by atoms with Crippen molar-refractivity contribution in [1.82, 2.24) is 9.55 Å². The van der Waals surface area contributed by atoms with Gasteiger partial charge in [-0.05, 0) is 13.3 Å². The van der Waals surface area contributed by atoms with Gasteiger partial charge in [0.1, 0.15) is 17.6 Å². The smallest absolute Gasteiger partial charge is 0.351 e. The lowest BCUT2D eigenvalue weighted by Gasteiger charge is -2.28. The highest BCUT2D eigenvalue weighted by atomic mass is 16.6. The van der Waals surface area contributed by atoms with E-state index in [4.69, 9.17) is 10.5 Å². The molecule has 0 saturated carbocycles. The number of aromatic nitrogens is 2. The third kappa shape index (κ3) is 2.24. The van der Waals surface area contributed by atoms with Crippen LogP contribution in [0.3, 0.4) is 0 Å². The van der Waals surface area contributed by atoms with Gasteiger partial charge in [0.25, 0.3) is 0 Å². The molecule has 0 bridgehead atoms. The number of aliphatic hydroxyl groups is 2. The van der Waals surface area contributed by atoms with Crippen molar-refractivity contribution in [3.8, 4) is 0 Å². The van der Waals surface area contributed by atoms with Gasteiger partial charge in [-0.25, -0.2) is 4.79 Å². The minimum absolute atomic E-state index is 0.184. The van der Waals surface area contributed by atoms with E-state index in [1.54, 1.807) is 13.1 Å². The third-order valence-electron chi connectivity index (χ3n) is 3.75. The number of anilines is 1. The first-order valence-corrected chi connectivity index (χ1v) is 6.25. The number of hydrogen-bond donors (Lipinski definition) is 3. The Morgan fingerprint density at radius 3 is 2.89 bits per heavy atom. The third-order valence-corrected chi connectivity index (χ3v) is 3.75. The molecule has 0 radical (unpaired) electrons. The number of nitrogens with two attached hydrogens (primary N) is 1. The second kappa shape index (κ2) is 4.92. The van der Waals surface area contributed by atoms with E-state index in [0.29, 0.717) is 12.0 Å². The van der Waals surface area contributed by atoms with Gasteiger partial charge in [-0.1, -0.05) is 6.92 Å². The lowest BCUT2D eigenvalue weighted by Crippen LogP contribution is -2.42. The number of hydrogen-bond acceptors (Lipinski definition) is 6. The van der Waals surface area contributed by atoms with Crippen molar-refractivity contribution in [2.75, 3.05) is 12.3 Å². The zero-order chi connectivity index (χ0) is 14.2. The zero-order valence-corrected chi connectivity index (χ0v) is 11.0. The highest BCUT2D eigenvalue weighted by molar-refractivity contribution is 5.35. The Bertz CT molecular complexity index is 524. The Balaban J connectivity index is 2.36. The predicted octanol–water partition coefficient (Wildman–Crippen LogP) is -0.445. The van der Waals surface area contributed by atoms with Crippen LogP contribution in [-0.2, 0) is 4.74 Å². The molecule has 1 saturated heterocycles. The molecule has 106 valence electrons. The summed E-state index contributed by atoms with van der Waals surface area (Å²) in [6, 6.07) is 0. The maximum Gasteiger partial charge on any atom is 0.351 e. The summed E-state index contributed by atoms with van der Waals surface area (Å²) in [6.07, 6.45) is 0.792. The van der Waals surface area contributed by atoms with E-state index in [1.807, 2.05) is 6.92 Å². The van der Waals surface area contributed by atoms with E-state index >= 15 is 0 Å². The van der Waals surface area contributed by atoms with Gasteiger partial charge in [-0.3, -0.25) is 4.57 Å². The van der Waals surface area contributed by atoms with Gasteiger partial charge in [0, 0.05) is 18.2 Å². The van der Waals surface area contributed by atoms with Crippen molar-refractivity contribution in [3.63, 3.8) is 0 Å². The maximum atomic E-state index is 11.8. The molecule has 0 aromatic carbocycles. The zero-order valence-electron chi connectivity index (χ0n) is 11.0. The molecular formula is C12H19N3O4. The molecule has 7 heteroatoms. The number of nitrogen functional groups attached to an aromatic ring is 1. The average Bonchev–Trinajstić information content (AvgIpc) is 2.71. The maximum absolute atomic E-state index is 11.8. The molecule has 0 unspecified atom stereocenters. The fourth-order valence-corrected chi connectivity index (χ4v) is 2.33. The van der Waals surface area contributed by atoms with Crippen molar-refractivity contribution in [3.05, 3.63) is 22.2 Å². The van der Waals surface area contributed by atoms with E-state index in [-0.39, 0.29) is 18.8 Å². The molecule has 1 aliphatic rings. The monoisotopic (exact) mass is 269 g/mol. The highest BCUT2D eigenvalue weighted by Gasteiger charge is 2.47. The molecule has 0 spiro atoms. The van der Waals surface area contributed by atoms with E-state index in [1.165, 1.54) is 4.57 Å². The van der Waals surface area contributed by atoms with Crippen LogP contribution in [0.2, 0.25) is 0 Å². The van der Waals surface area contributed by atoms with Crippen molar-refractivity contribution in [1.29, 1.82) is 0 Å². The topological polar surface area (TPSA) is 111 Å². The van der Waals surface area contributed by atoms with Crippen molar-refractivity contribution in [2.45, 2.75) is 44.6 Å². The van der Waals surface area contributed by atoms with Gasteiger partial charge in [0.2, 0.25) is 0 Å². The molecule has 0 aliphatic carbocycles. The number of ether oxygens (including phenoxy) is 1. The normalized spacial score (nSPS) is 30.7. The Hall–Kier alpha value is -1.44. The Labute approximate surface area is 110 Å². The lowest BCUT2D eigenvalue weighted by atomic mass is 9.95. The average molecular weight is 269 g/mol. The fourth-order valence-electron chi connectivity index (χ4n) is 2.33. The van der Waals surface area contributed by atoms with Crippen LogP contribution in [0, 0.1) is 6.92 Å². The first-order valence-electron chi connectivity index (χ1n) is 6.25. The van der Waals surface area contributed by atoms with E-state index in [0.717, 1.165) is 0 Å². The number of rotatable bonds is 3. The SMILES string of the molecule is CC[C@]1(CO)O[C@@H](n2cc(C)c(N)nc2=O)C[C@@H]1O. The summed E-state index contributed by atoms with van der Waals surface area (Å²) in [5.41, 5.74) is 4.69. The molecule has 1 fully saturated rings. The second-order valence-corrected chi connectivity index (χ2v) is 4.90. The summed E-state index contributed by atoms with van der Waals surface area (Å²) < 4.78 is 7.01. The summed E-state index contributed by atoms with van der Waals surface area (Å²) in [5.74, 6) is 0.184. The van der Waals surface area contributed by atoms with E-state index in [9.17, 15) is 15.0 Å². The molecule has 3 atom stereocenters. The van der Waals surface area contributed by atoms with Crippen LogP contribution in [0.15, 0.2) is 11.0 Å². The minimum atomic E-state index is -1.01.